The van der Waals surface area contributed by atoms with Gasteiger partial charge >= 0.3 is 0 Å². The number of benzene rings is 1. The third kappa shape index (κ3) is 5.60. The van der Waals surface area contributed by atoms with E-state index in [1.807, 2.05) is 6.92 Å². The second-order valence-corrected chi connectivity index (χ2v) is 8.76. The van der Waals surface area contributed by atoms with Crippen molar-refractivity contribution in [2.24, 2.45) is 0 Å². The van der Waals surface area contributed by atoms with Gasteiger partial charge in [-0.1, -0.05) is 17.7 Å². The van der Waals surface area contributed by atoms with Crippen LogP contribution in [0.4, 0.5) is 5.69 Å². The fraction of sp³-hybridized carbons (Fsp3) is 0.625. The Balaban J connectivity index is 0.00000288. The van der Waals surface area contributed by atoms with Crippen molar-refractivity contribution in [3.63, 3.8) is 0 Å². The molecular weight excluding hydrogens is 350 g/mol. The molecule has 1 aromatic carbocycles. The third-order valence-electron chi connectivity index (χ3n) is 4.66. The highest BCUT2D eigenvalue weighted by molar-refractivity contribution is 7.92. The molecule has 1 heterocycles. The molecule has 1 aliphatic rings. The summed E-state index contributed by atoms with van der Waals surface area (Å²) in [6.07, 6.45) is 0.547. The first-order chi connectivity index (χ1) is 10.7. The summed E-state index contributed by atoms with van der Waals surface area (Å²) in [5.74, 6) is -0.0406. The van der Waals surface area contributed by atoms with E-state index in [-0.39, 0.29) is 23.8 Å². The van der Waals surface area contributed by atoms with E-state index >= 15 is 0 Å². The number of sulfonamides is 1. The molecule has 0 bridgehead atoms. The van der Waals surface area contributed by atoms with Crippen LogP contribution in [-0.2, 0) is 10.0 Å². The van der Waals surface area contributed by atoms with E-state index in [0.29, 0.717) is 10.9 Å². The molecule has 0 spiro atoms. The summed E-state index contributed by atoms with van der Waals surface area (Å²) >= 11 is 0. The Hall–Kier alpha value is -0.860. The van der Waals surface area contributed by atoms with Gasteiger partial charge in [0.2, 0.25) is 0 Å². The monoisotopic (exact) mass is 377 g/mol. The van der Waals surface area contributed by atoms with E-state index < -0.39 is 10.0 Å². The second kappa shape index (κ2) is 8.49. The summed E-state index contributed by atoms with van der Waals surface area (Å²) in [6, 6.07) is 6.79. The lowest BCUT2D eigenvalue weighted by molar-refractivity contribution is -0.913. The van der Waals surface area contributed by atoms with Gasteiger partial charge in [-0.3, -0.25) is 10.1 Å². The van der Waals surface area contributed by atoms with Crippen LogP contribution in [0.2, 0.25) is 0 Å². The molecule has 2 rings (SSSR count). The van der Waals surface area contributed by atoms with E-state index in [4.69, 9.17) is 0 Å². The summed E-state index contributed by atoms with van der Waals surface area (Å²) in [5.41, 5.74) is 1.31. The van der Waals surface area contributed by atoms with Crippen LogP contribution >= 0.6 is 0 Å². The molecule has 1 fully saturated rings. The van der Waals surface area contributed by atoms with Crippen molar-refractivity contribution in [2.75, 3.05) is 57.0 Å². The van der Waals surface area contributed by atoms with Crippen LogP contribution in [0.15, 0.2) is 24.3 Å². The highest BCUT2D eigenvalue weighted by Crippen LogP contribution is 2.18. The highest BCUT2D eigenvalue weighted by atomic mass is 35.5. The minimum absolute atomic E-state index is 0. The number of rotatable bonds is 6. The molecule has 1 aromatic rings. The molecular formula is C16H28ClN3O3S. The normalized spacial score (nSPS) is 18.0. The number of piperazine rings is 1. The molecule has 0 saturated carbocycles. The zero-order valence-corrected chi connectivity index (χ0v) is 16.2. The van der Waals surface area contributed by atoms with Crippen molar-refractivity contribution in [1.82, 2.24) is 4.90 Å². The van der Waals surface area contributed by atoms with Crippen molar-refractivity contribution in [2.45, 2.75) is 13.3 Å². The molecule has 8 heteroatoms. The first-order valence-electron chi connectivity index (χ1n) is 8.03. The summed E-state index contributed by atoms with van der Waals surface area (Å²) < 4.78 is 25.9. The van der Waals surface area contributed by atoms with Gasteiger partial charge in [0.25, 0.3) is 10.0 Å². The lowest BCUT2D eigenvalue weighted by Crippen LogP contribution is -3.00. The lowest BCUT2D eigenvalue weighted by atomic mass is 10.2. The largest absolute Gasteiger partial charge is 1.00 e. The van der Waals surface area contributed by atoms with Crippen molar-refractivity contribution in [3.8, 4) is 0 Å². The Morgan fingerprint density at radius 2 is 1.75 bits per heavy atom. The van der Waals surface area contributed by atoms with Gasteiger partial charge in [-0.15, -0.1) is 4.47 Å². The van der Waals surface area contributed by atoms with Gasteiger partial charge in [-0.05, 0) is 26.1 Å². The SMILES string of the molecule is Cc1ccc(N(O)S(=O)(=O)CCC[N+]2(C)CCN(C)CC2)cc1.[Cl-]. The molecule has 0 atom stereocenters. The first kappa shape index (κ1) is 21.2. The minimum atomic E-state index is -3.70. The maximum atomic E-state index is 12.3. The van der Waals surface area contributed by atoms with Crippen LogP contribution in [0.25, 0.3) is 0 Å². The highest BCUT2D eigenvalue weighted by Gasteiger charge is 2.28. The van der Waals surface area contributed by atoms with E-state index in [0.717, 1.165) is 42.8 Å². The number of quaternary nitrogens is 1. The predicted molar refractivity (Wildman–Crippen MR) is 92.1 cm³/mol. The molecule has 1 saturated heterocycles. The fourth-order valence-electron chi connectivity index (χ4n) is 2.82. The molecule has 1 N–H and O–H groups in total. The van der Waals surface area contributed by atoms with Gasteiger partial charge in [-0.2, -0.15) is 0 Å². The number of hydrogen-bond acceptors (Lipinski definition) is 4. The number of halogens is 1. The van der Waals surface area contributed by atoms with Crippen LogP contribution in [0.1, 0.15) is 12.0 Å². The van der Waals surface area contributed by atoms with Gasteiger partial charge < -0.3 is 16.9 Å². The maximum absolute atomic E-state index is 12.3. The van der Waals surface area contributed by atoms with Crippen molar-refractivity contribution < 1.29 is 30.5 Å². The first-order valence-corrected chi connectivity index (χ1v) is 9.63. The van der Waals surface area contributed by atoms with Crippen LogP contribution < -0.4 is 16.9 Å². The Morgan fingerprint density at radius 3 is 2.29 bits per heavy atom. The molecule has 0 radical (unpaired) electrons. The zero-order valence-electron chi connectivity index (χ0n) is 14.7. The van der Waals surface area contributed by atoms with Crippen molar-refractivity contribution >= 4 is 15.7 Å². The van der Waals surface area contributed by atoms with Gasteiger partial charge in [0.05, 0.1) is 38.1 Å². The number of aryl methyl sites for hydroxylation is 1. The molecule has 0 unspecified atom stereocenters. The van der Waals surface area contributed by atoms with Gasteiger partial charge in [0.15, 0.2) is 0 Å². The maximum Gasteiger partial charge on any atom is 0.257 e. The molecule has 0 aliphatic carbocycles. The minimum Gasteiger partial charge on any atom is -1.00 e. The quantitative estimate of drug-likeness (QED) is 0.474. The number of anilines is 1. The second-order valence-electron chi connectivity index (χ2n) is 6.84. The Labute approximate surface area is 151 Å². The molecule has 24 heavy (non-hydrogen) atoms. The Bertz CT molecular complexity index is 614. The average Bonchev–Trinajstić information content (AvgIpc) is 2.50. The molecule has 1 aliphatic heterocycles. The summed E-state index contributed by atoms with van der Waals surface area (Å²) in [7, 11) is 0.591. The van der Waals surface area contributed by atoms with E-state index in [1.54, 1.807) is 24.3 Å². The molecule has 0 aromatic heterocycles. The lowest BCUT2D eigenvalue weighted by Gasteiger charge is -2.41. The number of nitrogens with zero attached hydrogens (tertiary/aromatic N) is 3. The van der Waals surface area contributed by atoms with Crippen molar-refractivity contribution in [1.29, 1.82) is 0 Å². The summed E-state index contributed by atoms with van der Waals surface area (Å²) in [5, 5.41) is 10.0. The van der Waals surface area contributed by atoms with Crippen LogP contribution in [0.5, 0.6) is 0 Å². The summed E-state index contributed by atoms with van der Waals surface area (Å²) in [6.45, 7) is 6.89. The Kier molecular flexibility index (Phi) is 7.49. The predicted octanol–water partition coefficient (Wildman–Crippen LogP) is -1.69. The standard InChI is InChI=1S/C16H28N3O3S.ClH/c1-15-5-7-16(8-6-15)18(20)23(21,22)14-4-11-19(3)12-9-17(2)10-13-19;/h5-8,20H,4,9-14H2,1-3H3;1H/q+1;/p-1. The van der Waals surface area contributed by atoms with E-state index in [9.17, 15) is 13.6 Å². The van der Waals surface area contributed by atoms with Crippen LogP contribution in [0, 0.1) is 6.92 Å². The fourth-order valence-corrected chi connectivity index (χ4v) is 3.93. The van der Waals surface area contributed by atoms with Crippen LogP contribution in [-0.4, -0.2) is 75.6 Å². The molecule has 138 valence electrons. The van der Waals surface area contributed by atoms with Crippen molar-refractivity contribution in [3.05, 3.63) is 29.8 Å². The average molecular weight is 378 g/mol. The molecule has 0 amide bonds. The van der Waals surface area contributed by atoms with Gasteiger partial charge in [0, 0.05) is 19.5 Å². The third-order valence-corrected chi connectivity index (χ3v) is 6.20. The van der Waals surface area contributed by atoms with Gasteiger partial charge in [-0.25, -0.2) is 8.42 Å². The van der Waals surface area contributed by atoms with E-state index in [2.05, 4.69) is 19.0 Å². The Morgan fingerprint density at radius 1 is 1.21 bits per heavy atom. The topological polar surface area (TPSA) is 60.9 Å². The van der Waals surface area contributed by atoms with Crippen LogP contribution in [0.3, 0.4) is 0 Å². The van der Waals surface area contributed by atoms with E-state index in [1.165, 1.54) is 0 Å². The summed E-state index contributed by atoms with van der Waals surface area (Å²) in [4.78, 5) is 2.30. The number of likely N-dealkylation sites (N-methyl/N-ethyl adjacent to an activating group) is 2. The molecule has 6 nitrogen and oxygen atoms in total. The number of hydrogen-bond donors (Lipinski definition) is 1. The zero-order chi connectivity index (χ0) is 17.1. The smallest absolute Gasteiger partial charge is 0.257 e. The van der Waals surface area contributed by atoms with Gasteiger partial charge in [0.1, 0.15) is 0 Å².